The molecule has 0 aliphatic heterocycles. The van der Waals surface area contributed by atoms with E-state index in [2.05, 4.69) is 17.4 Å². The lowest BCUT2D eigenvalue weighted by Gasteiger charge is -2.17. The fourth-order valence-corrected chi connectivity index (χ4v) is 3.55. The molecule has 18 heavy (non-hydrogen) atoms. The lowest BCUT2D eigenvalue weighted by molar-refractivity contribution is 0.703. The zero-order valence-corrected chi connectivity index (χ0v) is 12.9. The predicted molar refractivity (Wildman–Crippen MR) is 81.2 cm³/mol. The Balaban J connectivity index is 2.48. The van der Waals surface area contributed by atoms with E-state index in [-0.39, 0.29) is 6.04 Å². The average Bonchev–Trinajstić information content (AvgIpc) is 2.66. The van der Waals surface area contributed by atoms with Gasteiger partial charge in [-0.25, -0.2) is 0 Å². The largest absolute Gasteiger partial charge is 0.309 e. The zero-order chi connectivity index (χ0) is 13.3. The van der Waals surface area contributed by atoms with Crippen molar-refractivity contribution in [1.29, 1.82) is 0 Å². The summed E-state index contributed by atoms with van der Waals surface area (Å²) in [7, 11) is 1.94. The van der Waals surface area contributed by atoms with Gasteiger partial charge in [-0.1, -0.05) is 41.4 Å². The van der Waals surface area contributed by atoms with Gasteiger partial charge < -0.3 is 5.32 Å². The van der Waals surface area contributed by atoms with Crippen LogP contribution in [0.3, 0.4) is 0 Å². The molecule has 2 aromatic rings. The summed E-state index contributed by atoms with van der Waals surface area (Å²) in [5, 5.41) is 4.13. The lowest BCUT2D eigenvalue weighted by Crippen LogP contribution is -2.17. The maximum Gasteiger partial charge on any atom is 0.0961 e. The molecule has 0 saturated heterocycles. The van der Waals surface area contributed by atoms with Gasteiger partial charge >= 0.3 is 0 Å². The number of thiophene rings is 1. The highest BCUT2D eigenvalue weighted by atomic mass is 35.5. The van der Waals surface area contributed by atoms with Crippen LogP contribution < -0.4 is 5.32 Å². The van der Waals surface area contributed by atoms with Gasteiger partial charge in [0.2, 0.25) is 0 Å². The molecule has 1 aromatic heterocycles. The molecule has 1 atom stereocenters. The molecule has 96 valence electrons. The van der Waals surface area contributed by atoms with E-state index in [0.717, 1.165) is 26.0 Å². The van der Waals surface area contributed by atoms with Gasteiger partial charge in [0.1, 0.15) is 0 Å². The molecule has 1 nitrogen and oxygen atoms in total. The van der Waals surface area contributed by atoms with Crippen molar-refractivity contribution in [2.45, 2.75) is 19.9 Å². The standard InChI is InChI=1S/C14H15Cl2NS/c1-8-5-4-6-10(12(8)15)13(17-3)11-7-9(2)14(16)18-11/h4-7,13,17H,1-3H3. The van der Waals surface area contributed by atoms with Gasteiger partial charge in [0.25, 0.3) is 0 Å². The molecule has 0 radical (unpaired) electrons. The molecule has 0 fully saturated rings. The summed E-state index contributed by atoms with van der Waals surface area (Å²) in [6.45, 7) is 4.04. The monoisotopic (exact) mass is 299 g/mol. The van der Waals surface area contributed by atoms with E-state index in [0.29, 0.717) is 0 Å². The first-order valence-corrected chi connectivity index (χ1v) is 7.30. The highest BCUT2D eigenvalue weighted by Crippen LogP contribution is 2.36. The summed E-state index contributed by atoms with van der Waals surface area (Å²) in [6.07, 6.45) is 0. The highest BCUT2D eigenvalue weighted by Gasteiger charge is 2.18. The Morgan fingerprint density at radius 3 is 2.44 bits per heavy atom. The van der Waals surface area contributed by atoms with Crippen LogP contribution in [0.2, 0.25) is 9.36 Å². The fraction of sp³-hybridized carbons (Fsp3) is 0.286. The smallest absolute Gasteiger partial charge is 0.0961 e. The van der Waals surface area contributed by atoms with Gasteiger partial charge in [-0.2, -0.15) is 0 Å². The van der Waals surface area contributed by atoms with E-state index >= 15 is 0 Å². The van der Waals surface area contributed by atoms with Gasteiger partial charge in [0, 0.05) is 9.90 Å². The van der Waals surface area contributed by atoms with Gasteiger partial charge in [-0.3, -0.25) is 0 Å². The molecule has 2 rings (SSSR count). The number of nitrogens with one attached hydrogen (secondary N) is 1. The van der Waals surface area contributed by atoms with E-state index in [1.54, 1.807) is 11.3 Å². The lowest BCUT2D eigenvalue weighted by atomic mass is 10.0. The molecule has 1 aromatic carbocycles. The Morgan fingerprint density at radius 2 is 1.89 bits per heavy atom. The second kappa shape index (κ2) is 5.62. The first-order valence-electron chi connectivity index (χ1n) is 5.72. The molecule has 0 amide bonds. The SMILES string of the molecule is CNC(c1cc(C)c(Cl)s1)c1cccc(C)c1Cl. The van der Waals surface area contributed by atoms with Gasteiger partial charge in [0.15, 0.2) is 0 Å². The Bertz CT molecular complexity index is 543. The average molecular weight is 300 g/mol. The number of benzene rings is 1. The third-order valence-electron chi connectivity index (χ3n) is 2.98. The molecule has 1 unspecified atom stereocenters. The van der Waals surface area contributed by atoms with Crippen LogP contribution in [0.5, 0.6) is 0 Å². The predicted octanol–water partition coefficient (Wildman–Crippen LogP) is 4.98. The van der Waals surface area contributed by atoms with Crippen LogP contribution in [0.4, 0.5) is 0 Å². The highest BCUT2D eigenvalue weighted by molar-refractivity contribution is 7.16. The third-order valence-corrected chi connectivity index (χ3v) is 5.12. The van der Waals surface area contributed by atoms with E-state index in [1.165, 1.54) is 4.88 Å². The molecular formula is C14H15Cl2NS. The summed E-state index contributed by atoms with van der Waals surface area (Å²) >= 11 is 14.1. The van der Waals surface area contributed by atoms with Crippen LogP contribution >= 0.6 is 34.5 Å². The van der Waals surface area contributed by atoms with Crippen LogP contribution in [-0.4, -0.2) is 7.05 Å². The quantitative estimate of drug-likeness (QED) is 0.843. The van der Waals surface area contributed by atoms with Crippen molar-refractivity contribution in [2.75, 3.05) is 7.05 Å². The Hall–Kier alpha value is -0.540. The van der Waals surface area contributed by atoms with E-state index < -0.39 is 0 Å². The van der Waals surface area contributed by atoms with E-state index in [4.69, 9.17) is 23.2 Å². The van der Waals surface area contributed by atoms with E-state index in [9.17, 15) is 0 Å². The van der Waals surface area contributed by atoms with Crippen LogP contribution in [0.15, 0.2) is 24.3 Å². The first-order chi connectivity index (χ1) is 8.54. The minimum atomic E-state index is 0.0913. The Morgan fingerprint density at radius 1 is 1.17 bits per heavy atom. The second-order valence-corrected chi connectivity index (χ2v) is 6.37. The number of rotatable bonds is 3. The molecule has 4 heteroatoms. The normalized spacial score (nSPS) is 12.7. The number of hydrogen-bond acceptors (Lipinski definition) is 2. The molecule has 0 aliphatic rings. The van der Waals surface area contributed by atoms with Crippen LogP contribution in [0.1, 0.15) is 27.6 Å². The zero-order valence-electron chi connectivity index (χ0n) is 10.6. The van der Waals surface area contributed by atoms with Crippen LogP contribution in [0, 0.1) is 13.8 Å². The summed E-state index contributed by atoms with van der Waals surface area (Å²) in [5.41, 5.74) is 3.30. The minimum Gasteiger partial charge on any atom is -0.309 e. The summed E-state index contributed by atoms with van der Waals surface area (Å²) < 4.78 is 0.842. The molecule has 0 aliphatic carbocycles. The number of hydrogen-bond donors (Lipinski definition) is 1. The van der Waals surface area contributed by atoms with Crippen molar-refractivity contribution >= 4 is 34.5 Å². The first kappa shape index (κ1) is 13.9. The molecule has 0 spiro atoms. The molecule has 0 saturated carbocycles. The van der Waals surface area contributed by atoms with Gasteiger partial charge in [-0.15, -0.1) is 11.3 Å². The molecular weight excluding hydrogens is 285 g/mol. The van der Waals surface area contributed by atoms with Crippen molar-refractivity contribution in [3.63, 3.8) is 0 Å². The Kier molecular flexibility index (Phi) is 4.33. The summed E-state index contributed by atoms with van der Waals surface area (Å²) in [4.78, 5) is 1.19. The van der Waals surface area contributed by atoms with Crippen molar-refractivity contribution in [3.05, 3.63) is 55.2 Å². The third kappa shape index (κ3) is 2.57. The van der Waals surface area contributed by atoms with Crippen LogP contribution in [0.25, 0.3) is 0 Å². The Labute approximate surface area is 122 Å². The minimum absolute atomic E-state index is 0.0913. The van der Waals surface area contributed by atoms with E-state index in [1.807, 2.05) is 33.0 Å². The van der Waals surface area contributed by atoms with Crippen molar-refractivity contribution in [1.82, 2.24) is 5.32 Å². The molecule has 1 heterocycles. The molecule has 0 bridgehead atoms. The van der Waals surface area contributed by atoms with Crippen molar-refractivity contribution < 1.29 is 0 Å². The maximum atomic E-state index is 6.39. The van der Waals surface area contributed by atoms with Crippen molar-refractivity contribution in [3.8, 4) is 0 Å². The van der Waals surface area contributed by atoms with Crippen molar-refractivity contribution in [2.24, 2.45) is 0 Å². The maximum absolute atomic E-state index is 6.39. The fourth-order valence-electron chi connectivity index (χ4n) is 1.97. The number of halogens is 2. The van der Waals surface area contributed by atoms with Gasteiger partial charge in [0.05, 0.1) is 10.4 Å². The second-order valence-electron chi connectivity index (χ2n) is 4.31. The topological polar surface area (TPSA) is 12.0 Å². The molecule has 1 N–H and O–H groups in total. The van der Waals surface area contributed by atoms with Gasteiger partial charge in [-0.05, 0) is 43.7 Å². The van der Waals surface area contributed by atoms with Crippen LogP contribution in [-0.2, 0) is 0 Å². The summed E-state index contributed by atoms with van der Waals surface area (Å²) in [5.74, 6) is 0. The summed E-state index contributed by atoms with van der Waals surface area (Å²) in [6, 6.07) is 8.31. The number of aryl methyl sites for hydroxylation is 2.